The highest BCUT2D eigenvalue weighted by molar-refractivity contribution is 5.92. The number of ketones is 1. The molecular weight excluding hydrogens is 198 g/mol. The number of allylic oxidation sites excluding steroid dienone is 1. The molecule has 5 nitrogen and oxygen atoms in total. The number of hydrogen-bond donors (Lipinski definition) is 0. The molecule has 0 bridgehead atoms. The first kappa shape index (κ1) is 10.3. The zero-order valence-corrected chi connectivity index (χ0v) is 8.56. The molecule has 15 heavy (non-hydrogen) atoms. The molecule has 0 unspecified atom stereocenters. The molecule has 0 saturated heterocycles. The van der Waals surface area contributed by atoms with E-state index in [0.29, 0.717) is 18.4 Å². The second-order valence-electron chi connectivity index (χ2n) is 4.10. The van der Waals surface area contributed by atoms with Gasteiger partial charge in [0.2, 0.25) is 0 Å². The largest absolute Gasteiger partial charge is 0.373 e. The molecule has 2 aliphatic carbocycles. The molecule has 0 radical (unpaired) electrons. The smallest absolute Gasteiger partial charge is 0.269 e. The maximum absolute atomic E-state index is 11.4. The molecule has 0 aromatic carbocycles. The maximum Gasteiger partial charge on any atom is 0.269 e. The quantitative estimate of drug-likeness (QED) is 0.506. The minimum Gasteiger partial charge on any atom is -0.373 e. The van der Waals surface area contributed by atoms with Crippen LogP contribution < -0.4 is 0 Å². The predicted molar refractivity (Wildman–Crippen MR) is 52.1 cm³/mol. The molecule has 0 N–H and O–H groups in total. The molecule has 0 amide bonds. The monoisotopic (exact) mass is 211 g/mol. The molecule has 82 valence electrons. The van der Waals surface area contributed by atoms with Crippen molar-refractivity contribution in [3.63, 3.8) is 0 Å². The first-order chi connectivity index (χ1) is 7.11. The van der Waals surface area contributed by atoms with Crippen molar-refractivity contribution in [1.29, 1.82) is 0 Å². The summed E-state index contributed by atoms with van der Waals surface area (Å²) in [4.78, 5) is 22.3. The lowest BCUT2D eigenvalue weighted by atomic mass is 9.79. The number of ether oxygens (including phenoxy) is 1. The Morgan fingerprint density at radius 1 is 1.67 bits per heavy atom. The molecular formula is C10H13NO4. The Kier molecular flexibility index (Phi) is 2.34. The summed E-state index contributed by atoms with van der Waals surface area (Å²) < 4.78 is 5.14. The standard InChI is InChI=1S/C10H13NO4/c1-15-9-6-8(12)5-7-3-2-4-10(7,9)11(13)14/h5,9H,2-4,6H2,1H3/t9-,10+/m0/s1. The Labute approximate surface area is 87.3 Å². The van der Waals surface area contributed by atoms with Crippen LogP contribution >= 0.6 is 0 Å². The third kappa shape index (κ3) is 1.30. The van der Waals surface area contributed by atoms with Crippen molar-refractivity contribution in [2.75, 3.05) is 7.11 Å². The number of nitrogens with zero attached hydrogens (tertiary/aromatic N) is 1. The lowest BCUT2D eigenvalue weighted by molar-refractivity contribution is -0.570. The van der Waals surface area contributed by atoms with Gasteiger partial charge in [-0.3, -0.25) is 14.9 Å². The van der Waals surface area contributed by atoms with Crippen molar-refractivity contribution in [2.24, 2.45) is 0 Å². The van der Waals surface area contributed by atoms with Gasteiger partial charge < -0.3 is 4.74 Å². The van der Waals surface area contributed by atoms with Gasteiger partial charge in [0.1, 0.15) is 6.10 Å². The van der Waals surface area contributed by atoms with E-state index in [1.54, 1.807) is 0 Å². The van der Waals surface area contributed by atoms with Crippen LogP contribution in [-0.2, 0) is 9.53 Å². The summed E-state index contributed by atoms with van der Waals surface area (Å²) in [5.41, 5.74) is -0.474. The summed E-state index contributed by atoms with van der Waals surface area (Å²) in [6, 6.07) is 0. The Bertz CT molecular complexity index is 349. The highest BCUT2D eigenvalue weighted by Gasteiger charge is 2.58. The number of carbonyl (C=O) groups is 1. The average Bonchev–Trinajstić information content (AvgIpc) is 2.60. The van der Waals surface area contributed by atoms with Crippen LogP contribution in [0.5, 0.6) is 0 Å². The van der Waals surface area contributed by atoms with Gasteiger partial charge in [-0.1, -0.05) is 0 Å². The van der Waals surface area contributed by atoms with Crippen LogP contribution in [0, 0.1) is 10.1 Å². The lowest BCUT2D eigenvalue weighted by Gasteiger charge is -2.32. The SMILES string of the molecule is CO[C@H]1CC(=O)C=C2CCC[C@@]21[N+](=O)[O-]. The molecule has 0 aromatic rings. The number of carbonyl (C=O) groups excluding carboxylic acids is 1. The zero-order chi connectivity index (χ0) is 11.1. The Balaban J connectivity index is 2.49. The Hall–Kier alpha value is -1.23. The van der Waals surface area contributed by atoms with Crippen LogP contribution in [0.15, 0.2) is 11.6 Å². The van der Waals surface area contributed by atoms with Gasteiger partial charge in [-0.15, -0.1) is 0 Å². The van der Waals surface area contributed by atoms with E-state index in [1.165, 1.54) is 13.2 Å². The number of rotatable bonds is 2. The number of hydrogen-bond acceptors (Lipinski definition) is 4. The van der Waals surface area contributed by atoms with Crippen LogP contribution in [0.1, 0.15) is 25.7 Å². The number of fused-ring (bicyclic) bond motifs is 1. The summed E-state index contributed by atoms with van der Waals surface area (Å²) >= 11 is 0. The molecule has 1 fully saturated rings. The van der Waals surface area contributed by atoms with E-state index < -0.39 is 11.6 Å². The lowest BCUT2D eigenvalue weighted by Crippen LogP contribution is -2.52. The summed E-state index contributed by atoms with van der Waals surface area (Å²) in [7, 11) is 1.43. The first-order valence-corrected chi connectivity index (χ1v) is 5.02. The van der Waals surface area contributed by atoms with Crippen molar-refractivity contribution in [3.8, 4) is 0 Å². The van der Waals surface area contributed by atoms with Crippen LogP contribution in [0.3, 0.4) is 0 Å². The van der Waals surface area contributed by atoms with Gasteiger partial charge >= 0.3 is 0 Å². The van der Waals surface area contributed by atoms with Crippen LogP contribution in [0.25, 0.3) is 0 Å². The third-order valence-electron chi connectivity index (χ3n) is 3.42. The average molecular weight is 211 g/mol. The van der Waals surface area contributed by atoms with Crippen molar-refractivity contribution < 1.29 is 14.5 Å². The number of methoxy groups -OCH3 is 1. The predicted octanol–water partition coefficient (Wildman–Crippen LogP) is 1.10. The van der Waals surface area contributed by atoms with Crippen molar-refractivity contribution >= 4 is 5.78 Å². The van der Waals surface area contributed by atoms with Crippen LogP contribution in [0.2, 0.25) is 0 Å². The van der Waals surface area contributed by atoms with Gasteiger partial charge in [-0.05, 0) is 18.9 Å². The summed E-state index contributed by atoms with van der Waals surface area (Å²) in [5.74, 6) is -0.0591. The van der Waals surface area contributed by atoms with Gasteiger partial charge in [-0.2, -0.15) is 0 Å². The van der Waals surface area contributed by atoms with E-state index in [2.05, 4.69) is 0 Å². The van der Waals surface area contributed by atoms with Crippen molar-refractivity contribution in [3.05, 3.63) is 21.8 Å². The highest BCUT2D eigenvalue weighted by Crippen LogP contribution is 2.44. The van der Waals surface area contributed by atoms with E-state index in [1.807, 2.05) is 0 Å². The second kappa shape index (κ2) is 3.41. The van der Waals surface area contributed by atoms with Crippen molar-refractivity contribution in [2.45, 2.75) is 37.3 Å². The second-order valence-corrected chi connectivity index (χ2v) is 4.10. The summed E-state index contributed by atoms with van der Waals surface area (Å²) in [5, 5.41) is 11.2. The molecule has 5 heteroatoms. The van der Waals surface area contributed by atoms with E-state index in [9.17, 15) is 14.9 Å². The third-order valence-corrected chi connectivity index (χ3v) is 3.42. The van der Waals surface area contributed by atoms with E-state index in [4.69, 9.17) is 4.74 Å². The maximum atomic E-state index is 11.4. The molecule has 0 aliphatic heterocycles. The molecule has 0 heterocycles. The normalized spacial score (nSPS) is 34.9. The molecule has 1 saturated carbocycles. The fourth-order valence-corrected chi connectivity index (χ4v) is 2.70. The topological polar surface area (TPSA) is 69.4 Å². The fraction of sp³-hybridized carbons (Fsp3) is 0.700. The summed E-state index contributed by atoms with van der Waals surface area (Å²) in [6.45, 7) is 0. The molecule has 0 spiro atoms. The van der Waals surface area contributed by atoms with Crippen LogP contribution in [-0.4, -0.2) is 29.5 Å². The van der Waals surface area contributed by atoms with Gasteiger partial charge in [0, 0.05) is 30.4 Å². The molecule has 2 atom stereocenters. The first-order valence-electron chi connectivity index (χ1n) is 5.02. The van der Waals surface area contributed by atoms with E-state index in [0.717, 1.165) is 6.42 Å². The minimum atomic E-state index is -1.12. The molecule has 0 aromatic heterocycles. The van der Waals surface area contributed by atoms with Gasteiger partial charge in [0.25, 0.3) is 5.54 Å². The highest BCUT2D eigenvalue weighted by atomic mass is 16.6. The molecule has 2 aliphatic rings. The van der Waals surface area contributed by atoms with Gasteiger partial charge in [0.15, 0.2) is 5.78 Å². The van der Waals surface area contributed by atoms with E-state index >= 15 is 0 Å². The summed E-state index contributed by atoms with van der Waals surface area (Å²) in [6.07, 6.45) is 2.87. The zero-order valence-electron chi connectivity index (χ0n) is 8.56. The Morgan fingerprint density at radius 2 is 2.40 bits per heavy atom. The Morgan fingerprint density at radius 3 is 3.00 bits per heavy atom. The minimum absolute atomic E-state index is 0.0591. The van der Waals surface area contributed by atoms with Gasteiger partial charge in [0.05, 0.1) is 0 Å². The van der Waals surface area contributed by atoms with E-state index in [-0.39, 0.29) is 17.1 Å². The fourth-order valence-electron chi connectivity index (χ4n) is 2.70. The van der Waals surface area contributed by atoms with Crippen molar-refractivity contribution in [1.82, 2.24) is 0 Å². The van der Waals surface area contributed by atoms with Gasteiger partial charge in [-0.25, -0.2) is 0 Å². The molecule has 2 rings (SSSR count). The number of nitro groups is 1. The van der Waals surface area contributed by atoms with Crippen LogP contribution in [0.4, 0.5) is 0 Å².